The molecule has 4 nitrogen and oxygen atoms in total. The van der Waals surface area contributed by atoms with E-state index in [-0.39, 0.29) is 18.2 Å². The lowest BCUT2D eigenvalue weighted by molar-refractivity contribution is 0.0854. The quantitative estimate of drug-likeness (QED) is 0.751. The van der Waals surface area contributed by atoms with Gasteiger partial charge in [-0.25, -0.2) is 4.79 Å². The molecule has 0 radical (unpaired) electrons. The van der Waals surface area contributed by atoms with E-state index in [0.29, 0.717) is 0 Å². The molecule has 1 aliphatic carbocycles. The van der Waals surface area contributed by atoms with Crippen LogP contribution in [0.3, 0.4) is 0 Å². The topological polar surface area (TPSA) is 41.6 Å². The monoisotopic (exact) mass is 212 g/mol. The van der Waals surface area contributed by atoms with Gasteiger partial charge >= 0.3 is 6.03 Å². The lowest BCUT2D eigenvalue weighted by atomic mass is 10.2. The smallest absolute Gasteiger partial charge is 0.317 e. The number of nitrogens with zero attached hydrogens (tertiary/aromatic N) is 1. The maximum absolute atomic E-state index is 11.8. The molecule has 0 aromatic heterocycles. The fraction of sp³-hybridized carbons (Fsp3) is 0.909. The summed E-state index contributed by atoms with van der Waals surface area (Å²) >= 11 is 0. The second-order valence-electron chi connectivity index (χ2n) is 4.46. The third-order valence-corrected chi connectivity index (χ3v) is 3.46. The van der Waals surface area contributed by atoms with Gasteiger partial charge in [-0.05, 0) is 32.1 Å². The van der Waals surface area contributed by atoms with Crippen molar-refractivity contribution in [2.75, 3.05) is 20.2 Å². The molecule has 1 aliphatic heterocycles. The standard InChI is InChI=1S/C11H20N2O2/c1-15-10-6-4-5-9(10)12-11(14)13-7-2-3-8-13/h9-10H,2-8H2,1H3,(H,12,14). The van der Waals surface area contributed by atoms with Gasteiger partial charge in [-0.3, -0.25) is 0 Å². The van der Waals surface area contributed by atoms with E-state index in [1.165, 1.54) is 0 Å². The zero-order valence-corrected chi connectivity index (χ0v) is 9.37. The first-order valence-electron chi connectivity index (χ1n) is 5.89. The summed E-state index contributed by atoms with van der Waals surface area (Å²) < 4.78 is 5.35. The highest BCUT2D eigenvalue weighted by molar-refractivity contribution is 5.74. The number of hydrogen-bond acceptors (Lipinski definition) is 2. The number of ether oxygens (including phenoxy) is 1. The van der Waals surface area contributed by atoms with Crippen LogP contribution < -0.4 is 5.32 Å². The van der Waals surface area contributed by atoms with Gasteiger partial charge in [-0.15, -0.1) is 0 Å². The second-order valence-corrected chi connectivity index (χ2v) is 4.46. The van der Waals surface area contributed by atoms with Crippen LogP contribution in [0.15, 0.2) is 0 Å². The van der Waals surface area contributed by atoms with E-state index in [0.717, 1.165) is 45.2 Å². The summed E-state index contributed by atoms with van der Waals surface area (Å²) in [4.78, 5) is 13.7. The lowest BCUT2D eigenvalue weighted by Gasteiger charge is -2.23. The van der Waals surface area contributed by atoms with E-state index in [1.54, 1.807) is 7.11 Å². The number of rotatable bonds is 2. The first-order chi connectivity index (χ1) is 7.31. The average molecular weight is 212 g/mol. The van der Waals surface area contributed by atoms with Gasteiger partial charge in [0.15, 0.2) is 0 Å². The average Bonchev–Trinajstić information content (AvgIpc) is 2.87. The molecule has 2 aliphatic rings. The molecule has 86 valence electrons. The van der Waals surface area contributed by atoms with E-state index in [9.17, 15) is 4.79 Å². The maximum atomic E-state index is 11.8. The first-order valence-corrected chi connectivity index (χ1v) is 5.89. The molecule has 0 spiro atoms. The molecule has 1 saturated heterocycles. The van der Waals surface area contributed by atoms with E-state index < -0.39 is 0 Å². The molecule has 1 N–H and O–H groups in total. The minimum absolute atomic E-state index is 0.0986. The van der Waals surface area contributed by atoms with E-state index in [1.807, 2.05) is 4.90 Å². The van der Waals surface area contributed by atoms with Gasteiger partial charge in [0.1, 0.15) is 0 Å². The van der Waals surface area contributed by atoms with Crippen molar-refractivity contribution in [3.63, 3.8) is 0 Å². The summed E-state index contributed by atoms with van der Waals surface area (Å²) in [5.74, 6) is 0. The third kappa shape index (κ3) is 2.43. The summed E-state index contributed by atoms with van der Waals surface area (Å²) in [6.45, 7) is 1.83. The van der Waals surface area contributed by atoms with Crippen molar-refractivity contribution in [2.24, 2.45) is 0 Å². The number of hydrogen-bond donors (Lipinski definition) is 1. The van der Waals surface area contributed by atoms with Crippen LogP contribution >= 0.6 is 0 Å². The SMILES string of the molecule is COC1CCCC1NC(=O)N1CCCC1. The summed E-state index contributed by atoms with van der Waals surface area (Å²) in [5, 5.41) is 3.08. The molecule has 2 unspecified atom stereocenters. The molecule has 0 aromatic carbocycles. The van der Waals surface area contributed by atoms with Crippen molar-refractivity contribution in [1.82, 2.24) is 10.2 Å². The molecular weight excluding hydrogens is 192 g/mol. The van der Waals surface area contributed by atoms with E-state index in [2.05, 4.69) is 5.32 Å². The molecule has 2 amide bonds. The Kier molecular flexibility index (Phi) is 3.46. The summed E-state index contributed by atoms with van der Waals surface area (Å²) in [5.41, 5.74) is 0. The van der Waals surface area contributed by atoms with Gasteiger partial charge in [0.25, 0.3) is 0 Å². The Hall–Kier alpha value is -0.770. The zero-order valence-electron chi connectivity index (χ0n) is 9.37. The number of amides is 2. The Balaban J connectivity index is 1.82. The Morgan fingerprint density at radius 2 is 2.00 bits per heavy atom. The van der Waals surface area contributed by atoms with E-state index in [4.69, 9.17) is 4.74 Å². The molecule has 0 aromatic rings. The third-order valence-electron chi connectivity index (χ3n) is 3.46. The van der Waals surface area contributed by atoms with Crippen molar-refractivity contribution in [1.29, 1.82) is 0 Å². The van der Waals surface area contributed by atoms with Crippen LogP contribution in [0.25, 0.3) is 0 Å². The van der Waals surface area contributed by atoms with Gasteiger partial charge in [-0.1, -0.05) is 0 Å². The highest BCUT2D eigenvalue weighted by Gasteiger charge is 2.30. The van der Waals surface area contributed by atoms with Gasteiger partial charge in [0.05, 0.1) is 12.1 Å². The normalized spacial score (nSPS) is 30.9. The molecule has 0 bridgehead atoms. The minimum atomic E-state index is 0.0986. The number of methoxy groups -OCH3 is 1. The fourth-order valence-corrected chi connectivity index (χ4v) is 2.54. The van der Waals surface area contributed by atoms with E-state index >= 15 is 0 Å². The number of carbonyl (C=O) groups is 1. The predicted octanol–water partition coefficient (Wildman–Crippen LogP) is 1.36. The van der Waals surface area contributed by atoms with Crippen LogP contribution in [0, 0.1) is 0 Å². The fourth-order valence-electron chi connectivity index (χ4n) is 2.54. The summed E-state index contributed by atoms with van der Waals surface area (Å²) in [7, 11) is 1.73. The number of likely N-dealkylation sites (tertiary alicyclic amines) is 1. The van der Waals surface area contributed by atoms with Gasteiger partial charge < -0.3 is 15.0 Å². The van der Waals surface area contributed by atoms with Crippen LogP contribution in [0.5, 0.6) is 0 Å². The molecule has 1 heterocycles. The second kappa shape index (κ2) is 4.84. The minimum Gasteiger partial charge on any atom is -0.379 e. The van der Waals surface area contributed by atoms with Gasteiger partial charge in [-0.2, -0.15) is 0 Å². The highest BCUT2D eigenvalue weighted by Crippen LogP contribution is 2.22. The molecule has 2 atom stereocenters. The van der Waals surface area contributed by atoms with Crippen LogP contribution in [0.2, 0.25) is 0 Å². The number of carbonyl (C=O) groups excluding carboxylic acids is 1. The van der Waals surface area contributed by atoms with Crippen LogP contribution in [-0.2, 0) is 4.74 Å². The Labute approximate surface area is 91.0 Å². The Morgan fingerprint density at radius 3 is 2.67 bits per heavy atom. The molecule has 15 heavy (non-hydrogen) atoms. The number of urea groups is 1. The molecule has 2 fully saturated rings. The van der Waals surface area contributed by atoms with Crippen molar-refractivity contribution < 1.29 is 9.53 Å². The van der Waals surface area contributed by atoms with Crippen molar-refractivity contribution >= 4 is 6.03 Å². The first kappa shape index (κ1) is 10.7. The van der Waals surface area contributed by atoms with Crippen LogP contribution in [0.4, 0.5) is 4.79 Å². The Bertz CT molecular complexity index is 227. The molecular formula is C11H20N2O2. The van der Waals surface area contributed by atoms with Crippen molar-refractivity contribution in [3.8, 4) is 0 Å². The van der Waals surface area contributed by atoms with Gasteiger partial charge in [0.2, 0.25) is 0 Å². The largest absolute Gasteiger partial charge is 0.379 e. The lowest BCUT2D eigenvalue weighted by Crippen LogP contribution is -2.46. The van der Waals surface area contributed by atoms with Crippen LogP contribution in [-0.4, -0.2) is 43.3 Å². The van der Waals surface area contributed by atoms with Crippen LogP contribution in [0.1, 0.15) is 32.1 Å². The maximum Gasteiger partial charge on any atom is 0.317 e. The van der Waals surface area contributed by atoms with Crippen molar-refractivity contribution in [3.05, 3.63) is 0 Å². The summed E-state index contributed by atoms with van der Waals surface area (Å²) in [6, 6.07) is 0.324. The number of nitrogens with one attached hydrogen (secondary N) is 1. The van der Waals surface area contributed by atoms with Gasteiger partial charge in [0, 0.05) is 20.2 Å². The highest BCUT2D eigenvalue weighted by atomic mass is 16.5. The Morgan fingerprint density at radius 1 is 1.27 bits per heavy atom. The summed E-state index contributed by atoms with van der Waals surface area (Å²) in [6.07, 6.45) is 5.79. The molecule has 1 saturated carbocycles. The molecule has 4 heteroatoms. The molecule has 2 rings (SSSR count). The van der Waals surface area contributed by atoms with Crippen molar-refractivity contribution in [2.45, 2.75) is 44.2 Å². The zero-order chi connectivity index (χ0) is 10.7. The predicted molar refractivity (Wildman–Crippen MR) is 57.8 cm³/mol.